The monoisotopic (exact) mass is 407 g/mol. The van der Waals surface area contributed by atoms with Crippen LogP contribution in [-0.4, -0.2) is 33.9 Å². The Morgan fingerprint density at radius 3 is 2.70 bits per heavy atom. The zero-order valence-electron chi connectivity index (χ0n) is 17.3. The van der Waals surface area contributed by atoms with Gasteiger partial charge in [0.25, 0.3) is 5.91 Å². The molecule has 0 saturated heterocycles. The second-order valence-electron chi connectivity index (χ2n) is 6.82. The molecule has 2 N–H and O–H groups in total. The van der Waals surface area contributed by atoms with E-state index < -0.39 is 0 Å². The molecule has 0 radical (unpaired) electrons. The molecule has 30 heavy (non-hydrogen) atoms. The van der Waals surface area contributed by atoms with Crippen molar-refractivity contribution in [3.05, 3.63) is 65.5 Å². The summed E-state index contributed by atoms with van der Waals surface area (Å²) in [6.07, 6.45) is 1.26. The summed E-state index contributed by atoms with van der Waals surface area (Å²) < 4.78 is 6.84. The van der Waals surface area contributed by atoms with Gasteiger partial charge in [-0.15, -0.1) is 5.10 Å². The van der Waals surface area contributed by atoms with Crippen molar-refractivity contribution in [3.63, 3.8) is 0 Å². The lowest BCUT2D eigenvalue weighted by molar-refractivity contribution is -0.116. The average Bonchev–Trinajstić information content (AvgIpc) is 3.14. The predicted octanol–water partition coefficient (Wildman–Crippen LogP) is 3.25. The average molecular weight is 407 g/mol. The van der Waals surface area contributed by atoms with E-state index in [9.17, 15) is 9.59 Å². The number of carbonyl (C=O) groups excluding carboxylic acids is 2. The van der Waals surface area contributed by atoms with Crippen molar-refractivity contribution in [2.24, 2.45) is 0 Å². The fourth-order valence-corrected chi connectivity index (χ4v) is 3.00. The predicted molar refractivity (Wildman–Crippen MR) is 114 cm³/mol. The Morgan fingerprint density at radius 2 is 1.93 bits per heavy atom. The van der Waals surface area contributed by atoms with Crippen molar-refractivity contribution in [2.45, 2.75) is 33.2 Å². The van der Waals surface area contributed by atoms with Gasteiger partial charge >= 0.3 is 0 Å². The summed E-state index contributed by atoms with van der Waals surface area (Å²) in [5, 5.41) is 13.9. The third kappa shape index (κ3) is 5.02. The molecule has 0 aliphatic carbocycles. The number of hydrogen-bond acceptors (Lipinski definition) is 5. The van der Waals surface area contributed by atoms with Gasteiger partial charge in [-0.05, 0) is 43.2 Å². The number of nitrogens with zero attached hydrogens (tertiary/aromatic N) is 3. The highest BCUT2D eigenvalue weighted by Gasteiger charge is 2.17. The van der Waals surface area contributed by atoms with Gasteiger partial charge in [-0.2, -0.15) is 0 Å². The lowest BCUT2D eigenvalue weighted by Gasteiger charge is -2.08. The molecular weight excluding hydrogens is 382 g/mol. The van der Waals surface area contributed by atoms with Crippen molar-refractivity contribution in [3.8, 4) is 11.4 Å². The number of carbonyl (C=O) groups is 2. The molecule has 0 saturated carbocycles. The minimum atomic E-state index is -0.318. The molecule has 8 heteroatoms. The summed E-state index contributed by atoms with van der Waals surface area (Å²) in [4.78, 5) is 24.4. The minimum absolute atomic E-state index is 0.0246. The van der Waals surface area contributed by atoms with Crippen LogP contribution in [0, 0.1) is 6.92 Å². The Bertz CT molecular complexity index is 1040. The Hall–Kier alpha value is -3.68. The van der Waals surface area contributed by atoms with Crippen LogP contribution in [0.5, 0.6) is 5.75 Å². The van der Waals surface area contributed by atoms with Gasteiger partial charge < -0.3 is 15.4 Å². The highest BCUT2D eigenvalue weighted by atomic mass is 16.5. The third-order valence-electron chi connectivity index (χ3n) is 4.55. The standard InChI is InChI=1S/C22H25N5O3/c1-4-7-20(28)24-17-9-5-8-16(12-17)14-23-22(29)21-15(2)27(26-25-21)18-10-6-11-19(13-18)30-3/h5-6,8-13H,4,7,14H2,1-3H3,(H,23,29)(H,24,28). The van der Waals surface area contributed by atoms with E-state index in [4.69, 9.17) is 4.74 Å². The molecule has 2 amide bonds. The number of methoxy groups -OCH3 is 1. The topological polar surface area (TPSA) is 98.1 Å². The number of benzene rings is 2. The fourth-order valence-electron chi connectivity index (χ4n) is 3.00. The molecule has 0 unspecified atom stereocenters. The van der Waals surface area contributed by atoms with Crippen LogP contribution in [0.1, 0.15) is 41.5 Å². The van der Waals surface area contributed by atoms with Gasteiger partial charge in [0.2, 0.25) is 5.91 Å². The van der Waals surface area contributed by atoms with Crippen LogP contribution in [0.25, 0.3) is 5.69 Å². The Kier molecular flexibility index (Phi) is 6.79. The maximum atomic E-state index is 12.6. The van der Waals surface area contributed by atoms with E-state index in [2.05, 4.69) is 20.9 Å². The van der Waals surface area contributed by atoms with E-state index in [0.717, 1.165) is 17.7 Å². The van der Waals surface area contributed by atoms with E-state index in [-0.39, 0.29) is 17.5 Å². The summed E-state index contributed by atoms with van der Waals surface area (Å²) >= 11 is 0. The summed E-state index contributed by atoms with van der Waals surface area (Å²) in [5.41, 5.74) is 3.22. The van der Waals surface area contributed by atoms with E-state index in [1.807, 2.05) is 55.5 Å². The number of amides is 2. The normalized spacial score (nSPS) is 10.5. The molecule has 0 atom stereocenters. The van der Waals surface area contributed by atoms with Crippen LogP contribution in [0.15, 0.2) is 48.5 Å². The maximum absolute atomic E-state index is 12.6. The Labute approximate surface area is 175 Å². The van der Waals surface area contributed by atoms with Crippen LogP contribution < -0.4 is 15.4 Å². The summed E-state index contributed by atoms with van der Waals surface area (Å²) in [6.45, 7) is 4.05. The fraction of sp³-hybridized carbons (Fsp3) is 0.273. The Morgan fingerprint density at radius 1 is 1.13 bits per heavy atom. The zero-order valence-corrected chi connectivity index (χ0v) is 17.3. The lowest BCUT2D eigenvalue weighted by Crippen LogP contribution is -2.24. The van der Waals surface area contributed by atoms with Crippen molar-refractivity contribution in [2.75, 3.05) is 12.4 Å². The lowest BCUT2D eigenvalue weighted by atomic mass is 10.2. The molecule has 8 nitrogen and oxygen atoms in total. The van der Waals surface area contributed by atoms with Crippen molar-refractivity contribution < 1.29 is 14.3 Å². The van der Waals surface area contributed by atoms with E-state index >= 15 is 0 Å². The molecule has 3 rings (SSSR count). The van der Waals surface area contributed by atoms with Gasteiger partial charge in [0.15, 0.2) is 5.69 Å². The SMILES string of the molecule is CCCC(=O)Nc1cccc(CNC(=O)c2nnn(-c3cccc(OC)c3)c2C)c1. The van der Waals surface area contributed by atoms with E-state index in [1.165, 1.54) is 0 Å². The molecule has 0 spiro atoms. The Balaban J connectivity index is 1.67. The molecule has 1 aromatic heterocycles. The van der Waals surface area contributed by atoms with E-state index in [0.29, 0.717) is 30.1 Å². The van der Waals surface area contributed by atoms with Gasteiger partial charge in [0.05, 0.1) is 18.5 Å². The second-order valence-corrected chi connectivity index (χ2v) is 6.82. The van der Waals surface area contributed by atoms with Gasteiger partial charge in [-0.1, -0.05) is 30.3 Å². The summed E-state index contributed by atoms with van der Waals surface area (Å²) in [5.74, 6) is 0.352. The zero-order chi connectivity index (χ0) is 21.5. The highest BCUT2D eigenvalue weighted by Crippen LogP contribution is 2.18. The van der Waals surface area contributed by atoms with E-state index in [1.54, 1.807) is 18.7 Å². The first-order chi connectivity index (χ1) is 14.5. The van der Waals surface area contributed by atoms with Gasteiger partial charge in [-0.3, -0.25) is 9.59 Å². The molecule has 0 bridgehead atoms. The third-order valence-corrected chi connectivity index (χ3v) is 4.55. The number of aromatic nitrogens is 3. The first-order valence-electron chi connectivity index (χ1n) is 9.75. The molecule has 3 aromatic rings. The summed E-state index contributed by atoms with van der Waals surface area (Å²) in [7, 11) is 1.59. The van der Waals surface area contributed by atoms with Crippen LogP contribution in [0.3, 0.4) is 0 Å². The number of nitrogens with one attached hydrogen (secondary N) is 2. The first-order valence-corrected chi connectivity index (χ1v) is 9.75. The second kappa shape index (κ2) is 9.69. The summed E-state index contributed by atoms with van der Waals surface area (Å²) in [6, 6.07) is 14.8. The van der Waals surface area contributed by atoms with Crippen LogP contribution >= 0.6 is 0 Å². The molecular formula is C22H25N5O3. The quantitative estimate of drug-likeness (QED) is 0.597. The molecule has 0 fully saturated rings. The van der Waals surface area contributed by atoms with Crippen LogP contribution in [0.2, 0.25) is 0 Å². The van der Waals surface area contributed by atoms with Gasteiger partial charge in [0.1, 0.15) is 5.75 Å². The largest absolute Gasteiger partial charge is 0.497 e. The molecule has 0 aliphatic heterocycles. The molecule has 1 heterocycles. The molecule has 2 aromatic carbocycles. The van der Waals surface area contributed by atoms with Crippen molar-refractivity contribution >= 4 is 17.5 Å². The number of hydrogen-bond donors (Lipinski definition) is 2. The van der Waals surface area contributed by atoms with Crippen molar-refractivity contribution in [1.82, 2.24) is 20.3 Å². The van der Waals surface area contributed by atoms with Gasteiger partial charge in [0, 0.05) is 24.7 Å². The smallest absolute Gasteiger partial charge is 0.274 e. The first kappa shape index (κ1) is 21.0. The number of rotatable bonds is 8. The van der Waals surface area contributed by atoms with Crippen LogP contribution in [0.4, 0.5) is 5.69 Å². The molecule has 156 valence electrons. The van der Waals surface area contributed by atoms with Gasteiger partial charge in [-0.25, -0.2) is 4.68 Å². The van der Waals surface area contributed by atoms with Crippen LogP contribution in [-0.2, 0) is 11.3 Å². The minimum Gasteiger partial charge on any atom is -0.497 e. The number of anilines is 1. The number of ether oxygens (including phenoxy) is 1. The van der Waals surface area contributed by atoms with Crippen molar-refractivity contribution in [1.29, 1.82) is 0 Å². The molecule has 0 aliphatic rings. The highest BCUT2D eigenvalue weighted by molar-refractivity contribution is 5.93. The maximum Gasteiger partial charge on any atom is 0.274 e.